The zero-order valence-corrected chi connectivity index (χ0v) is 14.7. The summed E-state index contributed by atoms with van der Waals surface area (Å²) in [5.41, 5.74) is 2.57. The maximum Gasteiger partial charge on any atom is 0.157 e. The van der Waals surface area contributed by atoms with Crippen LogP contribution in [0.25, 0.3) is 0 Å². The van der Waals surface area contributed by atoms with Crippen molar-refractivity contribution < 1.29 is 4.79 Å². The molecule has 0 amide bonds. The Balaban J connectivity index is 2.05. The molecule has 5 nitrogen and oxygen atoms in total. The lowest BCUT2D eigenvalue weighted by Gasteiger charge is -2.50. The summed E-state index contributed by atoms with van der Waals surface area (Å²) in [5.74, 6) is 0.319. The van der Waals surface area contributed by atoms with Gasteiger partial charge in [0.15, 0.2) is 11.9 Å². The van der Waals surface area contributed by atoms with Gasteiger partial charge in [-0.2, -0.15) is 0 Å². The highest BCUT2D eigenvalue weighted by Crippen LogP contribution is 2.38. The fraction of sp³-hybridized carbons (Fsp3) is 0.667. The molecule has 0 aliphatic carbocycles. The fourth-order valence-corrected chi connectivity index (χ4v) is 3.93. The fourth-order valence-electron chi connectivity index (χ4n) is 3.93. The molecule has 1 fully saturated rings. The lowest BCUT2D eigenvalue weighted by Crippen LogP contribution is -2.58. The first-order valence-corrected chi connectivity index (χ1v) is 8.79. The minimum atomic E-state index is 0.0480. The molecule has 5 heteroatoms. The van der Waals surface area contributed by atoms with Crippen molar-refractivity contribution in [3.05, 3.63) is 23.4 Å². The summed E-state index contributed by atoms with van der Waals surface area (Å²) >= 11 is 0. The second-order valence-electron chi connectivity index (χ2n) is 6.75. The number of rotatable bonds is 4. The van der Waals surface area contributed by atoms with E-state index in [1.807, 2.05) is 6.21 Å². The molecule has 126 valence electrons. The first-order valence-electron chi connectivity index (χ1n) is 8.79. The van der Waals surface area contributed by atoms with Crippen LogP contribution < -0.4 is 0 Å². The molecule has 1 saturated heterocycles. The average Bonchev–Trinajstić information content (AvgIpc) is 2.54. The zero-order valence-electron chi connectivity index (χ0n) is 14.7. The Morgan fingerprint density at radius 2 is 2.09 bits per heavy atom. The highest BCUT2D eigenvalue weighted by Gasteiger charge is 2.43. The van der Waals surface area contributed by atoms with E-state index in [0.29, 0.717) is 24.8 Å². The quantitative estimate of drug-likeness (QED) is 0.746. The monoisotopic (exact) mass is 316 g/mol. The van der Waals surface area contributed by atoms with Crippen LogP contribution in [-0.4, -0.2) is 64.8 Å². The van der Waals surface area contributed by atoms with Crippen molar-refractivity contribution in [2.24, 2.45) is 4.99 Å². The smallest absolute Gasteiger partial charge is 0.157 e. The minimum absolute atomic E-state index is 0.0480. The first kappa shape index (κ1) is 16.4. The van der Waals surface area contributed by atoms with E-state index in [4.69, 9.17) is 4.99 Å². The first-order chi connectivity index (χ1) is 11.1. The number of aliphatic imine (C=N–C) groups is 1. The van der Waals surface area contributed by atoms with Crippen LogP contribution >= 0.6 is 0 Å². The molecule has 3 heterocycles. The summed E-state index contributed by atoms with van der Waals surface area (Å²) in [7, 11) is 0. The van der Waals surface area contributed by atoms with Gasteiger partial charge in [0.25, 0.3) is 0 Å². The Morgan fingerprint density at radius 1 is 1.35 bits per heavy atom. The van der Waals surface area contributed by atoms with Crippen LogP contribution in [0.3, 0.4) is 0 Å². The third-order valence-electron chi connectivity index (χ3n) is 5.03. The lowest BCUT2D eigenvalue weighted by atomic mass is 9.84. The number of fused-ring (bicyclic) bond motifs is 3. The van der Waals surface area contributed by atoms with Gasteiger partial charge in [-0.15, -0.1) is 0 Å². The standard InChI is InChI=1S/C18H28N4O/c1-5-20(6-2)22-11-14-10-15(23)12-21(13(3)4)17(14)16-8-7-9-19-18(16)22/h8-9,11,13,17-18H,5-7,10,12H2,1-4H3. The number of hydrogen-bond acceptors (Lipinski definition) is 5. The molecule has 0 aromatic rings. The number of carbonyl (C=O) groups excluding carboxylic acids is 1. The Labute approximate surface area is 139 Å². The van der Waals surface area contributed by atoms with Gasteiger partial charge in [-0.3, -0.25) is 19.7 Å². The van der Waals surface area contributed by atoms with Gasteiger partial charge in [-0.1, -0.05) is 19.9 Å². The summed E-state index contributed by atoms with van der Waals surface area (Å²) in [6.07, 6.45) is 8.02. The van der Waals surface area contributed by atoms with Gasteiger partial charge in [-0.25, -0.2) is 5.01 Å². The van der Waals surface area contributed by atoms with E-state index in [-0.39, 0.29) is 12.2 Å². The summed E-state index contributed by atoms with van der Waals surface area (Å²) in [6, 6.07) is 0.585. The molecule has 0 aromatic heterocycles. The molecule has 0 bridgehead atoms. The number of nitrogens with zero attached hydrogens (tertiary/aromatic N) is 4. The van der Waals surface area contributed by atoms with Crippen molar-refractivity contribution in [1.82, 2.24) is 14.9 Å². The van der Waals surface area contributed by atoms with Crippen LogP contribution in [0.2, 0.25) is 0 Å². The topological polar surface area (TPSA) is 39.1 Å². The molecule has 0 spiro atoms. The molecule has 0 saturated carbocycles. The number of piperidine rings is 1. The third-order valence-corrected chi connectivity index (χ3v) is 5.03. The van der Waals surface area contributed by atoms with Crippen LogP contribution in [0.4, 0.5) is 0 Å². The van der Waals surface area contributed by atoms with Crippen LogP contribution in [-0.2, 0) is 4.79 Å². The molecule has 2 atom stereocenters. The van der Waals surface area contributed by atoms with E-state index in [1.54, 1.807) is 0 Å². The minimum Gasteiger partial charge on any atom is -0.298 e. The number of likely N-dealkylation sites (tertiary alicyclic amines) is 1. The van der Waals surface area contributed by atoms with Crippen molar-refractivity contribution >= 4 is 12.0 Å². The van der Waals surface area contributed by atoms with Crippen molar-refractivity contribution in [3.63, 3.8) is 0 Å². The predicted molar refractivity (Wildman–Crippen MR) is 93.1 cm³/mol. The number of hydrazine groups is 1. The summed E-state index contributed by atoms with van der Waals surface area (Å²) in [5, 5.41) is 4.54. The van der Waals surface area contributed by atoms with Crippen LogP contribution in [0.1, 0.15) is 40.5 Å². The Bertz CT molecular complexity index is 559. The summed E-state index contributed by atoms with van der Waals surface area (Å²) < 4.78 is 0. The molecule has 3 aliphatic heterocycles. The van der Waals surface area contributed by atoms with Gasteiger partial charge in [0.2, 0.25) is 0 Å². The van der Waals surface area contributed by atoms with Crippen molar-refractivity contribution in [2.75, 3.05) is 19.6 Å². The molecule has 0 N–H and O–H groups in total. The summed E-state index contributed by atoms with van der Waals surface area (Å²) in [6.45, 7) is 11.1. The van der Waals surface area contributed by atoms with E-state index >= 15 is 0 Å². The molecule has 0 aromatic carbocycles. The van der Waals surface area contributed by atoms with E-state index in [2.05, 4.69) is 54.9 Å². The van der Waals surface area contributed by atoms with Gasteiger partial charge in [0, 0.05) is 44.4 Å². The number of ketones is 1. The van der Waals surface area contributed by atoms with Gasteiger partial charge >= 0.3 is 0 Å². The largest absolute Gasteiger partial charge is 0.298 e. The Hall–Kier alpha value is -1.46. The van der Waals surface area contributed by atoms with E-state index in [9.17, 15) is 4.79 Å². The second kappa shape index (κ2) is 6.57. The number of dihydropyridines is 1. The van der Waals surface area contributed by atoms with Gasteiger partial charge in [0.1, 0.15) is 0 Å². The number of hydrogen-bond donors (Lipinski definition) is 0. The van der Waals surface area contributed by atoms with Crippen molar-refractivity contribution in [1.29, 1.82) is 0 Å². The number of Topliss-reactive ketones (excluding diaryl/α,β-unsaturated/α-hetero) is 1. The van der Waals surface area contributed by atoms with E-state index < -0.39 is 0 Å². The van der Waals surface area contributed by atoms with Crippen LogP contribution in [0.5, 0.6) is 0 Å². The van der Waals surface area contributed by atoms with Gasteiger partial charge in [-0.05, 0) is 25.0 Å². The van der Waals surface area contributed by atoms with Crippen LogP contribution in [0.15, 0.2) is 28.4 Å². The molecular formula is C18H28N4O. The molecule has 2 unspecified atom stereocenters. The van der Waals surface area contributed by atoms with Gasteiger partial charge in [0.05, 0.1) is 12.6 Å². The zero-order chi connectivity index (χ0) is 16.6. The SMILES string of the molecule is CCN(CC)N1C=C2CC(=O)CN(C(C)C)C2C2=CCC=NC21. The molecule has 23 heavy (non-hydrogen) atoms. The maximum absolute atomic E-state index is 12.2. The van der Waals surface area contributed by atoms with Crippen molar-refractivity contribution in [2.45, 2.75) is 58.8 Å². The van der Waals surface area contributed by atoms with Crippen LogP contribution in [0, 0.1) is 0 Å². The van der Waals surface area contributed by atoms with E-state index in [1.165, 1.54) is 11.1 Å². The molecule has 3 rings (SSSR count). The number of carbonyl (C=O) groups is 1. The maximum atomic E-state index is 12.2. The summed E-state index contributed by atoms with van der Waals surface area (Å²) in [4.78, 5) is 19.4. The van der Waals surface area contributed by atoms with Crippen molar-refractivity contribution in [3.8, 4) is 0 Å². The Morgan fingerprint density at radius 3 is 2.74 bits per heavy atom. The molecular weight excluding hydrogens is 288 g/mol. The highest BCUT2D eigenvalue weighted by atomic mass is 16.1. The third kappa shape index (κ3) is 2.88. The lowest BCUT2D eigenvalue weighted by molar-refractivity contribution is -0.122. The Kier molecular flexibility index (Phi) is 4.69. The molecule has 3 aliphatic rings. The average molecular weight is 316 g/mol. The second-order valence-corrected chi connectivity index (χ2v) is 6.75. The predicted octanol–water partition coefficient (Wildman–Crippen LogP) is 2.22. The van der Waals surface area contributed by atoms with Gasteiger partial charge < -0.3 is 0 Å². The normalized spacial score (nSPS) is 27.9. The van der Waals surface area contributed by atoms with E-state index in [0.717, 1.165) is 19.5 Å². The molecule has 0 radical (unpaired) electrons. The highest BCUT2D eigenvalue weighted by molar-refractivity contribution is 5.85. The number of allylic oxidation sites excluding steroid dienone is 1.